The fraction of sp³-hybridized carbons (Fsp3) is 0.158. The van der Waals surface area contributed by atoms with Gasteiger partial charge < -0.3 is 20.2 Å². The van der Waals surface area contributed by atoms with Crippen LogP contribution in [0, 0.1) is 0 Å². The van der Waals surface area contributed by atoms with Crippen molar-refractivity contribution in [2.24, 2.45) is 0 Å². The number of carboxylic acids is 1. The molecule has 0 atom stereocenters. The molecule has 1 aromatic heterocycles. The molecule has 3 rings (SSSR count). The third kappa shape index (κ3) is 3.94. The number of nitrogens with one attached hydrogen (secondary N) is 2. The number of carbonyl (C=O) groups excluding carboxylic acids is 2. The molecule has 1 heterocycles. The third-order valence-corrected chi connectivity index (χ3v) is 3.84. The van der Waals surface area contributed by atoms with E-state index < -0.39 is 5.97 Å². The van der Waals surface area contributed by atoms with Gasteiger partial charge in [-0.05, 0) is 31.0 Å². The average Bonchev–Trinajstić information content (AvgIpc) is 2.61. The molecule has 26 heavy (non-hydrogen) atoms. The Bertz CT molecular complexity index is 1030. The Kier molecular flexibility index (Phi) is 5.07. The number of aromatic amines is 1. The van der Waals surface area contributed by atoms with Gasteiger partial charge in [0.1, 0.15) is 5.69 Å². The molecule has 7 nitrogen and oxygen atoms in total. The number of nitrogens with zero attached hydrogens (tertiary/aromatic N) is 1. The number of aliphatic carboxylic acids is 1. The molecular weight excluding hydrogens is 334 g/mol. The first-order chi connectivity index (χ1) is 12.5. The number of rotatable bonds is 6. The summed E-state index contributed by atoms with van der Waals surface area (Å²) < 4.78 is 0. The summed E-state index contributed by atoms with van der Waals surface area (Å²) in [4.78, 5) is 42.1. The molecule has 0 radical (unpaired) electrons. The van der Waals surface area contributed by atoms with Gasteiger partial charge in [-0.15, -0.1) is 0 Å². The largest absolute Gasteiger partial charge is 0.550 e. The van der Waals surface area contributed by atoms with Crippen LogP contribution in [0.2, 0.25) is 0 Å². The highest BCUT2D eigenvalue weighted by molar-refractivity contribution is 5.95. The van der Waals surface area contributed by atoms with Crippen molar-refractivity contribution in [2.45, 2.75) is 19.3 Å². The number of hydrogen-bond acceptors (Lipinski definition) is 5. The van der Waals surface area contributed by atoms with Crippen LogP contribution in [0.25, 0.3) is 22.3 Å². The zero-order chi connectivity index (χ0) is 18.5. The SMILES string of the molecule is O=C([O-])CCCC(=O)Nc1ccccc1-c1nc2ccccc2[nH]c1=O. The van der Waals surface area contributed by atoms with Crippen molar-refractivity contribution in [1.29, 1.82) is 0 Å². The lowest BCUT2D eigenvalue weighted by Crippen LogP contribution is -2.22. The highest BCUT2D eigenvalue weighted by Crippen LogP contribution is 2.25. The van der Waals surface area contributed by atoms with Crippen molar-refractivity contribution in [3.63, 3.8) is 0 Å². The van der Waals surface area contributed by atoms with Gasteiger partial charge in [-0.3, -0.25) is 9.59 Å². The standard InChI is InChI=1S/C19H17N3O4/c23-16(10-5-11-17(24)25)20-13-7-2-1-6-12(13)18-19(26)22-15-9-4-3-8-14(15)21-18/h1-4,6-9H,5,10-11H2,(H,20,23)(H,22,26)(H,24,25)/p-1. The summed E-state index contributed by atoms with van der Waals surface area (Å²) in [5, 5.41) is 13.1. The molecule has 0 unspecified atom stereocenters. The van der Waals surface area contributed by atoms with E-state index in [1.54, 1.807) is 42.5 Å². The maximum Gasteiger partial charge on any atom is 0.275 e. The van der Waals surface area contributed by atoms with Gasteiger partial charge in [0, 0.05) is 18.0 Å². The quantitative estimate of drug-likeness (QED) is 0.698. The van der Waals surface area contributed by atoms with Gasteiger partial charge in [-0.25, -0.2) is 4.98 Å². The van der Waals surface area contributed by atoms with Crippen LogP contribution < -0.4 is 16.0 Å². The maximum atomic E-state index is 12.4. The summed E-state index contributed by atoms with van der Waals surface area (Å²) in [6, 6.07) is 14.0. The molecule has 0 bridgehead atoms. The van der Waals surface area contributed by atoms with Crippen LogP contribution in [0.15, 0.2) is 53.3 Å². The smallest absolute Gasteiger partial charge is 0.275 e. The molecule has 0 aliphatic carbocycles. The minimum Gasteiger partial charge on any atom is -0.550 e. The van der Waals surface area contributed by atoms with E-state index in [9.17, 15) is 19.5 Å². The number of para-hydroxylation sites is 3. The molecule has 0 saturated carbocycles. The Hall–Kier alpha value is -3.48. The number of aromatic nitrogens is 2. The van der Waals surface area contributed by atoms with Gasteiger partial charge in [0.2, 0.25) is 5.91 Å². The average molecular weight is 350 g/mol. The molecule has 0 spiro atoms. The lowest BCUT2D eigenvalue weighted by molar-refractivity contribution is -0.305. The topological polar surface area (TPSA) is 115 Å². The van der Waals surface area contributed by atoms with Crippen LogP contribution in [-0.2, 0) is 9.59 Å². The fourth-order valence-corrected chi connectivity index (χ4v) is 2.62. The van der Waals surface area contributed by atoms with Gasteiger partial charge >= 0.3 is 0 Å². The molecular formula is C19H16N3O4-. The van der Waals surface area contributed by atoms with E-state index >= 15 is 0 Å². The summed E-state index contributed by atoms with van der Waals surface area (Å²) in [6.07, 6.45) is 0.0515. The predicted molar refractivity (Wildman–Crippen MR) is 95.3 cm³/mol. The third-order valence-electron chi connectivity index (χ3n) is 3.84. The minimum atomic E-state index is -1.19. The molecule has 2 aromatic carbocycles. The number of carboxylic acid groups (broad SMARTS) is 1. The van der Waals surface area contributed by atoms with Gasteiger partial charge in [0.05, 0.1) is 16.7 Å². The number of carbonyl (C=O) groups is 2. The second kappa shape index (κ2) is 7.60. The molecule has 0 aliphatic heterocycles. The summed E-state index contributed by atoms with van der Waals surface area (Å²) in [6.45, 7) is 0. The Balaban J connectivity index is 1.90. The van der Waals surface area contributed by atoms with Gasteiger partial charge in [-0.2, -0.15) is 0 Å². The van der Waals surface area contributed by atoms with Crippen molar-refractivity contribution < 1.29 is 14.7 Å². The number of anilines is 1. The van der Waals surface area contributed by atoms with E-state index in [1.165, 1.54) is 0 Å². The highest BCUT2D eigenvalue weighted by Gasteiger charge is 2.13. The zero-order valence-electron chi connectivity index (χ0n) is 13.8. The normalized spacial score (nSPS) is 10.6. The first-order valence-corrected chi connectivity index (χ1v) is 8.13. The lowest BCUT2D eigenvalue weighted by Gasteiger charge is -2.11. The van der Waals surface area contributed by atoms with Crippen molar-refractivity contribution in [3.8, 4) is 11.3 Å². The Labute approximate surface area is 148 Å². The summed E-state index contributed by atoms with van der Waals surface area (Å²) in [5.41, 5.74) is 2.05. The van der Waals surface area contributed by atoms with E-state index in [4.69, 9.17) is 0 Å². The number of benzene rings is 2. The van der Waals surface area contributed by atoms with Crippen molar-refractivity contribution in [3.05, 3.63) is 58.9 Å². The second-order valence-electron chi connectivity index (χ2n) is 5.75. The molecule has 0 fully saturated rings. The van der Waals surface area contributed by atoms with Crippen LogP contribution in [0.4, 0.5) is 5.69 Å². The van der Waals surface area contributed by atoms with E-state index in [2.05, 4.69) is 15.3 Å². The summed E-state index contributed by atoms with van der Waals surface area (Å²) >= 11 is 0. The molecule has 132 valence electrons. The number of H-pyrrole nitrogens is 1. The Morgan fingerprint density at radius 3 is 2.58 bits per heavy atom. The zero-order valence-corrected chi connectivity index (χ0v) is 13.8. The van der Waals surface area contributed by atoms with Crippen molar-refractivity contribution in [1.82, 2.24) is 9.97 Å². The van der Waals surface area contributed by atoms with Gasteiger partial charge in [0.15, 0.2) is 0 Å². The number of hydrogen-bond donors (Lipinski definition) is 2. The fourth-order valence-electron chi connectivity index (χ4n) is 2.62. The first-order valence-electron chi connectivity index (χ1n) is 8.13. The van der Waals surface area contributed by atoms with Crippen LogP contribution >= 0.6 is 0 Å². The van der Waals surface area contributed by atoms with E-state index in [1.807, 2.05) is 6.07 Å². The highest BCUT2D eigenvalue weighted by atomic mass is 16.4. The van der Waals surface area contributed by atoms with Crippen molar-refractivity contribution >= 4 is 28.6 Å². The van der Waals surface area contributed by atoms with E-state index in [-0.39, 0.29) is 36.4 Å². The number of amides is 1. The van der Waals surface area contributed by atoms with Crippen molar-refractivity contribution in [2.75, 3.05) is 5.32 Å². The van der Waals surface area contributed by atoms with Crippen LogP contribution in [-0.4, -0.2) is 21.8 Å². The monoisotopic (exact) mass is 350 g/mol. The predicted octanol–water partition coefficient (Wildman–Crippen LogP) is 1.45. The van der Waals surface area contributed by atoms with Crippen LogP contribution in [0.1, 0.15) is 19.3 Å². The molecule has 3 aromatic rings. The van der Waals surface area contributed by atoms with Crippen LogP contribution in [0.3, 0.4) is 0 Å². The van der Waals surface area contributed by atoms with E-state index in [0.717, 1.165) is 0 Å². The van der Waals surface area contributed by atoms with Gasteiger partial charge in [-0.1, -0.05) is 30.3 Å². The van der Waals surface area contributed by atoms with Gasteiger partial charge in [0.25, 0.3) is 5.56 Å². The molecule has 0 saturated heterocycles. The molecule has 1 amide bonds. The summed E-state index contributed by atoms with van der Waals surface area (Å²) in [5.74, 6) is -1.53. The second-order valence-corrected chi connectivity index (χ2v) is 5.75. The molecule has 7 heteroatoms. The van der Waals surface area contributed by atoms with E-state index in [0.29, 0.717) is 22.3 Å². The number of fused-ring (bicyclic) bond motifs is 1. The molecule has 0 aliphatic rings. The molecule has 2 N–H and O–H groups in total. The minimum absolute atomic E-state index is 0.0455. The Morgan fingerprint density at radius 2 is 1.77 bits per heavy atom. The van der Waals surface area contributed by atoms with Crippen LogP contribution in [0.5, 0.6) is 0 Å². The maximum absolute atomic E-state index is 12.4. The Morgan fingerprint density at radius 1 is 1.04 bits per heavy atom. The summed E-state index contributed by atoms with van der Waals surface area (Å²) in [7, 11) is 0. The lowest BCUT2D eigenvalue weighted by atomic mass is 10.1. The first kappa shape index (κ1) is 17.3.